The monoisotopic (exact) mass is 174 g/mol. The first-order chi connectivity index (χ1) is 6.07. The van der Waals surface area contributed by atoms with E-state index in [4.69, 9.17) is 0 Å². The SMILES string of the molecule is C/C=C/c1c(C)c(C)cc(C)c1C. The molecule has 0 spiro atoms. The summed E-state index contributed by atoms with van der Waals surface area (Å²) in [6, 6.07) is 2.26. The van der Waals surface area contributed by atoms with E-state index in [2.05, 4.69) is 52.8 Å². The summed E-state index contributed by atoms with van der Waals surface area (Å²) in [4.78, 5) is 0. The number of hydrogen-bond donors (Lipinski definition) is 0. The fourth-order valence-corrected chi connectivity index (χ4v) is 1.66. The standard InChI is InChI=1S/C13H18/c1-6-7-13-11(4)9(2)8-10(3)12(13)5/h6-8H,1-5H3/b7-6+. The Morgan fingerprint density at radius 1 is 0.923 bits per heavy atom. The minimum atomic E-state index is 1.39. The van der Waals surface area contributed by atoms with Crippen molar-refractivity contribution in [2.75, 3.05) is 0 Å². The van der Waals surface area contributed by atoms with Crippen molar-refractivity contribution in [3.8, 4) is 0 Å². The average molecular weight is 174 g/mol. The number of benzene rings is 1. The molecule has 0 amide bonds. The summed E-state index contributed by atoms with van der Waals surface area (Å²) in [5, 5.41) is 0. The van der Waals surface area contributed by atoms with Crippen molar-refractivity contribution < 1.29 is 0 Å². The molecule has 0 aliphatic carbocycles. The lowest BCUT2D eigenvalue weighted by atomic mass is 9.94. The summed E-state index contributed by atoms with van der Waals surface area (Å²) in [5.41, 5.74) is 6.97. The van der Waals surface area contributed by atoms with Crippen LogP contribution in [0.4, 0.5) is 0 Å². The quantitative estimate of drug-likeness (QED) is 0.604. The van der Waals surface area contributed by atoms with Gasteiger partial charge in [0.25, 0.3) is 0 Å². The van der Waals surface area contributed by atoms with Gasteiger partial charge in [0.05, 0.1) is 0 Å². The topological polar surface area (TPSA) is 0 Å². The predicted molar refractivity (Wildman–Crippen MR) is 60.1 cm³/mol. The van der Waals surface area contributed by atoms with Crippen molar-refractivity contribution in [2.45, 2.75) is 34.6 Å². The lowest BCUT2D eigenvalue weighted by Crippen LogP contribution is -1.93. The zero-order valence-corrected chi connectivity index (χ0v) is 9.23. The van der Waals surface area contributed by atoms with E-state index in [1.54, 1.807) is 0 Å². The summed E-state index contributed by atoms with van der Waals surface area (Å²) < 4.78 is 0. The summed E-state index contributed by atoms with van der Waals surface area (Å²) in [6.07, 6.45) is 4.30. The zero-order chi connectivity index (χ0) is 10.0. The van der Waals surface area contributed by atoms with Gasteiger partial charge in [0, 0.05) is 0 Å². The van der Waals surface area contributed by atoms with Gasteiger partial charge in [-0.2, -0.15) is 0 Å². The van der Waals surface area contributed by atoms with Crippen LogP contribution in [0.3, 0.4) is 0 Å². The summed E-state index contributed by atoms with van der Waals surface area (Å²) in [7, 11) is 0. The Bertz CT molecular complexity index is 317. The molecule has 1 aromatic carbocycles. The fourth-order valence-electron chi connectivity index (χ4n) is 1.66. The van der Waals surface area contributed by atoms with Crippen molar-refractivity contribution in [3.05, 3.63) is 40.0 Å². The highest BCUT2D eigenvalue weighted by Crippen LogP contribution is 2.22. The van der Waals surface area contributed by atoms with E-state index < -0.39 is 0 Å². The van der Waals surface area contributed by atoms with E-state index in [9.17, 15) is 0 Å². The molecule has 0 nitrogen and oxygen atoms in total. The van der Waals surface area contributed by atoms with Crippen LogP contribution in [0, 0.1) is 27.7 Å². The smallest absolute Gasteiger partial charge is 0.0196 e. The van der Waals surface area contributed by atoms with Gasteiger partial charge in [0.1, 0.15) is 0 Å². The third-order valence-electron chi connectivity index (χ3n) is 2.76. The van der Waals surface area contributed by atoms with Gasteiger partial charge in [-0.25, -0.2) is 0 Å². The molecule has 0 aromatic heterocycles. The van der Waals surface area contributed by atoms with E-state index in [0.29, 0.717) is 0 Å². The molecule has 0 unspecified atom stereocenters. The minimum absolute atomic E-state index is 1.39. The molecule has 0 aliphatic rings. The number of hydrogen-bond acceptors (Lipinski definition) is 0. The van der Waals surface area contributed by atoms with Gasteiger partial charge in [0.2, 0.25) is 0 Å². The van der Waals surface area contributed by atoms with Gasteiger partial charge < -0.3 is 0 Å². The van der Waals surface area contributed by atoms with Crippen LogP contribution in [0.25, 0.3) is 6.08 Å². The molecule has 0 saturated heterocycles. The molecule has 0 saturated carbocycles. The third-order valence-corrected chi connectivity index (χ3v) is 2.76. The van der Waals surface area contributed by atoms with Gasteiger partial charge in [-0.3, -0.25) is 0 Å². The van der Waals surface area contributed by atoms with Crippen molar-refractivity contribution >= 4 is 6.08 Å². The Kier molecular flexibility index (Phi) is 2.92. The van der Waals surface area contributed by atoms with E-state index in [1.807, 2.05) is 0 Å². The molecule has 1 rings (SSSR count). The van der Waals surface area contributed by atoms with Crippen LogP contribution in [-0.4, -0.2) is 0 Å². The van der Waals surface area contributed by atoms with Crippen molar-refractivity contribution in [3.63, 3.8) is 0 Å². The molecule has 0 heterocycles. The maximum absolute atomic E-state index is 2.26. The van der Waals surface area contributed by atoms with Crippen LogP contribution < -0.4 is 0 Å². The molecule has 0 atom stereocenters. The maximum atomic E-state index is 2.26. The first-order valence-corrected chi connectivity index (χ1v) is 4.78. The second-order valence-corrected chi connectivity index (χ2v) is 3.67. The largest absolute Gasteiger partial charge is 0.0870 e. The Hall–Kier alpha value is -1.04. The molecular formula is C13H18. The second-order valence-electron chi connectivity index (χ2n) is 3.67. The predicted octanol–water partition coefficient (Wildman–Crippen LogP) is 3.95. The van der Waals surface area contributed by atoms with Crippen LogP contribution in [0.1, 0.15) is 34.7 Å². The van der Waals surface area contributed by atoms with Crippen LogP contribution in [0.15, 0.2) is 12.1 Å². The Balaban J connectivity index is 3.46. The first kappa shape index (κ1) is 10.0. The summed E-state index contributed by atoms with van der Waals surface area (Å²) in [6.45, 7) is 10.8. The van der Waals surface area contributed by atoms with Gasteiger partial charge in [-0.05, 0) is 62.4 Å². The molecule has 0 radical (unpaired) electrons. The molecule has 0 heteroatoms. The molecule has 70 valence electrons. The highest BCUT2D eigenvalue weighted by molar-refractivity contribution is 5.61. The zero-order valence-electron chi connectivity index (χ0n) is 9.23. The Morgan fingerprint density at radius 3 is 1.77 bits per heavy atom. The van der Waals surface area contributed by atoms with Gasteiger partial charge in [0.15, 0.2) is 0 Å². The first-order valence-electron chi connectivity index (χ1n) is 4.78. The van der Waals surface area contributed by atoms with Crippen molar-refractivity contribution in [1.82, 2.24) is 0 Å². The molecule has 0 bridgehead atoms. The number of allylic oxidation sites excluding steroid dienone is 1. The molecule has 0 N–H and O–H groups in total. The summed E-state index contributed by atoms with van der Waals surface area (Å²) in [5.74, 6) is 0. The molecule has 0 fully saturated rings. The lowest BCUT2D eigenvalue weighted by molar-refractivity contribution is 1.23. The van der Waals surface area contributed by atoms with E-state index in [1.165, 1.54) is 27.8 Å². The molecule has 0 aliphatic heterocycles. The minimum Gasteiger partial charge on any atom is -0.0870 e. The number of rotatable bonds is 1. The van der Waals surface area contributed by atoms with Gasteiger partial charge in [-0.15, -0.1) is 0 Å². The third kappa shape index (κ3) is 1.82. The molecule has 1 aromatic rings. The fraction of sp³-hybridized carbons (Fsp3) is 0.385. The van der Waals surface area contributed by atoms with Crippen LogP contribution >= 0.6 is 0 Å². The molecule has 13 heavy (non-hydrogen) atoms. The Morgan fingerprint density at radius 2 is 1.38 bits per heavy atom. The second kappa shape index (κ2) is 3.78. The van der Waals surface area contributed by atoms with Gasteiger partial charge in [-0.1, -0.05) is 18.2 Å². The van der Waals surface area contributed by atoms with Crippen molar-refractivity contribution in [1.29, 1.82) is 0 Å². The van der Waals surface area contributed by atoms with Gasteiger partial charge >= 0.3 is 0 Å². The van der Waals surface area contributed by atoms with Crippen molar-refractivity contribution in [2.24, 2.45) is 0 Å². The van der Waals surface area contributed by atoms with E-state index >= 15 is 0 Å². The average Bonchev–Trinajstić information content (AvgIpc) is 2.09. The summed E-state index contributed by atoms with van der Waals surface area (Å²) >= 11 is 0. The molecular weight excluding hydrogens is 156 g/mol. The maximum Gasteiger partial charge on any atom is -0.0196 e. The number of aryl methyl sites for hydroxylation is 2. The van der Waals surface area contributed by atoms with E-state index in [-0.39, 0.29) is 0 Å². The van der Waals surface area contributed by atoms with Crippen LogP contribution in [-0.2, 0) is 0 Å². The Labute approximate surface area is 81.3 Å². The highest BCUT2D eigenvalue weighted by atomic mass is 14.1. The highest BCUT2D eigenvalue weighted by Gasteiger charge is 2.04. The van der Waals surface area contributed by atoms with Crippen LogP contribution in [0.2, 0.25) is 0 Å². The van der Waals surface area contributed by atoms with E-state index in [0.717, 1.165) is 0 Å². The lowest BCUT2D eigenvalue weighted by Gasteiger charge is -2.11. The normalized spacial score (nSPS) is 11.2. The van der Waals surface area contributed by atoms with Crippen LogP contribution in [0.5, 0.6) is 0 Å².